The van der Waals surface area contributed by atoms with Crippen LogP contribution in [-0.4, -0.2) is 15.6 Å². The van der Waals surface area contributed by atoms with Gasteiger partial charge >= 0.3 is 5.97 Å². The van der Waals surface area contributed by atoms with Crippen LogP contribution < -0.4 is 10.3 Å². The highest BCUT2D eigenvalue weighted by Crippen LogP contribution is 2.39. The lowest BCUT2D eigenvalue weighted by Crippen LogP contribution is -2.44. The number of carbonyl (C=O) groups excluding carboxylic acids is 1. The van der Waals surface area contributed by atoms with Gasteiger partial charge in [-0.2, -0.15) is 4.73 Å². The van der Waals surface area contributed by atoms with E-state index in [9.17, 15) is 19.9 Å². The van der Waals surface area contributed by atoms with E-state index in [-0.39, 0.29) is 36.3 Å². The number of aliphatic hydroxyl groups is 1. The van der Waals surface area contributed by atoms with Gasteiger partial charge in [0.2, 0.25) is 11.2 Å². The minimum atomic E-state index is -1.91. The molecule has 0 fully saturated rings. The van der Waals surface area contributed by atoms with E-state index in [1.165, 1.54) is 5.56 Å². The number of fused-ring (bicyclic) bond motifs is 5. The maximum atomic E-state index is 13.7. The van der Waals surface area contributed by atoms with Crippen LogP contribution in [0, 0.1) is 5.21 Å². The standard InChI is InChI=1S/C29H26N2O5/c1-2-29(34)23-15-25-26-21(16-30(25)27(32)22(23)17-36-28(29)33)19(13-8-11-18-9-4-3-5-10-18)20-12-6-7-14-24(20)31(26)35/h3-7,9-10,12,14-15,34H,2,8,11,13,16-17H2,1H3/t29-/m0/s1. The first-order chi connectivity index (χ1) is 17.4. The molecule has 0 radical (unpaired) electrons. The predicted octanol–water partition coefficient (Wildman–Crippen LogP) is 3.49. The molecule has 1 atom stereocenters. The van der Waals surface area contributed by atoms with E-state index in [2.05, 4.69) is 12.1 Å². The smallest absolute Gasteiger partial charge is 0.343 e. The third kappa shape index (κ3) is 3.19. The molecule has 0 aliphatic carbocycles. The van der Waals surface area contributed by atoms with Gasteiger partial charge in [-0.05, 0) is 48.9 Å². The Morgan fingerprint density at radius 1 is 1.06 bits per heavy atom. The number of hydrogen-bond donors (Lipinski definition) is 1. The van der Waals surface area contributed by atoms with Crippen molar-refractivity contribution in [1.29, 1.82) is 0 Å². The summed E-state index contributed by atoms with van der Waals surface area (Å²) in [5, 5.41) is 25.7. The number of nitrogens with zero attached hydrogens (tertiary/aromatic N) is 2. The van der Waals surface area contributed by atoms with E-state index in [1.807, 2.05) is 36.4 Å². The molecule has 2 aromatic heterocycles. The molecule has 2 aliphatic rings. The van der Waals surface area contributed by atoms with Crippen molar-refractivity contribution in [2.45, 2.75) is 51.4 Å². The molecule has 1 N–H and O–H groups in total. The number of aryl methyl sites for hydroxylation is 2. The molecular formula is C29H26N2O5. The molecular weight excluding hydrogens is 456 g/mol. The van der Waals surface area contributed by atoms with Gasteiger partial charge in [-0.25, -0.2) is 4.79 Å². The van der Waals surface area contributed by atoms with E-state index in [1.54, 1.807) is 23.6 Å². The Balaban J connectivity index is 1.52. The lowest BCUT2D eigenvalue weighted by molar-refractivity contribution is -0.565. The largest absolute Gasteiger partial charge is 0.618 e. The Bertz CT molecular complexity index is 1590. The molecule has 2 aliphatic heterocycles. The van der Waals surface area contributed by atoms with Gasteiger partial charge in [-0.1, -0.05) is 49.4 Å². The zero-order chi connectivity index (χ0) is 25.0. The van der Waals surface area contributed by atoms with Gasteiger partial charge in [-0.15, -0.1) is 0 Å². The number of ether oxygens (including phenoxy) is 1. The molecule has 0 unspecified atom stereocenters. The second-order valence-electron chi connectivity index (χ2n) is 9.56. The van der Waals surface area contributed by atoms with E-state index in [0.29, 0.717) is 16.9 Å². The summed E-state index contributed by atoms with van der Waals surface area (Å²) >= 11 is 0. The summed E-state index contributed by atoms with van der Waals surface area (Å²) in [7, 11) is 0. The van der Waals surface area contributed by atoms with Crippen molar-refractivity contribution in [3.63, 3.8) is 0 Å². The average molecular weight is 483 g/mol. The molecule has 0 amide bonds. The Morgan fingerprint density at radius 3 is 2.58 bits per heavy atom. The van der Waals surface area contributed by atoms with Crippen LogP contribution >= 0.6 is 0 Å². The van der Waals surface area contributed by atoms with Crippen LogP contribution in [0.25, 0.3) is 22.3 Å². The molecule has 6 rings (SSSR count). The average Bonchev–Trinajstić information content (AvgIpc) is 3.29. The summed E-state index contributed by atoms with van der Waals surface area (Å²) < 4.78 is 7.63. The molecule has 4 heterocycles. The van der Waals surface area contributed by atoms with Crippen LogP contribution in [0.4, 0.5) is 0 Å². The number of carbonyl (C=O) groups is 1. The zero-order valence-corrected chi connectivity index (χ0v) is 20.0. The fourth-order valence-corrected chi connectivity index (χ4v) is 5.69. The third-order valence-electron chi connectivity index (χ3n) is 7.64. The van der Waals surface area contributed by atoms with Crippen molar-refractivity contribution in [2.24, 2.45) is 0 Å². The quantitative estimate of drug-likeness (QED) is 0.235. The number of para-hydroxylation sites is 1. The SMILES string of the molecule is CC[C@@]1(O)C(=O)OCc2c1cc1n(c2=O)Cc2c(CCCc3ccccc3)c3ccccc3[n+]([O-])c2-1. The Morgan fingerprint density at radius 2 is 1.81 bits per heavy atom. The molecule has 7 nitrogen and oxygen atoms in total. The lowest BCUT2D eigenvalue weighted by Gasteiger charge is -2.31. The Hall–Kier alpha value is -3.97. The first kappa shape index (κ1) is 22.5. The van der Waals surface area contributed by atoms with E-state index in [4.69, 9.17) is 4.74 Å². The fraction of sp³-hybridized carbons (Fsp3) is 0.276. The summed E-state index contributed by atoms with van der Waals surface area (Å²) in [6.07, 6.45) is 2.61. The highest BCUT2D eigenvalue weighted by atomic mass is 16.6. The molecule has 182 valence electrons. The summed E-state index contributed by atoms with van der Waals surface area (Å²) in [5.74, 6) is -0.768. The lowest BCUT2D eigenvalue weighted by atomic mass is 9.86. The topological polar surface area (TPSA) is 95.5 Å². The van der Waals surface area contributed by atoms with Crippen molar-refractivity contribution in [3.05, 3.63) is 104 Å². The van der Waals surface area contributed by atoms with Crippen LogP contribution in [0.3, 0.4) is 0 Å². The number of rotatable bonds is 5. The molecule has 0 saturated carbocycles. The second-order valence-corrected chi connectivity index (χ2v) is 9.56. The number of aromatic nitrogens is 2. The molecule has 7 heteroatoms. The van der Waals surface area contributed by atoms with E-state index in [0.717, 1.165) is 40.5 Å². The van der Waals surface area contributed by atoms with Crippen LogP contribution in [-0.2, 0) is 41.1 Å². The van der Waals surface area contributed by atoms with Crippen LogP contribution in [0.1, 0.15) is 47.6 Å². The highest BCUT2D eigenvalue weighted by Gasteiger charge is 2.46. The van der Waals surface area contributed by atoms with Crippen molar-refractivity contribution in [3.8, 4) is 11.4 Å². The minimum Gasteiger partial charge on any atom is -0.618 e. The van der Waals surface area contributed by atoms with Gasteiger partial charge in [-0.3, -0.25) is 9.36 Å². The third-order valence-corrected chi connectivity index (χ3v) is 7.64. The van der Waals surface area contributed by atoms with Crippen molar-refractivity contribution < 1.29 is 19.4 Å². The number of cyclic esters (lactones) is 1. The van der Waals surface area contributed by atoms with Crippen molar-refractivity contribution in [2.75, 3.05) is 0 Å². The van der Waals surface area contributed by atoms with E-state index >= 15 is 0 Å². The minimum absolute atomic E-state index is 0.0639. The highest BCUT2D eigenvalue weighted by molar-refractivity contribution is 5.86. The molecule has 0 spiro atoms. The number of pyridine rings is 2. The molecule has 36 heavy (non-hydrogen) atoms. The van der Waals surface area contributed by atoms with Gasteiger partial charge in [0, 0.05) is 11.6 Å². The predicted molar refractivity (Wildman–Crippen MR) is 134 cm³/mol. The maximum Gasteiger partial charge on any atom is 0.343 e. The molecule has 2 aromatic carbocycles. The maximum absolute atomic E-state index is 13.7. The first-order valence-corrected chi connectivity index (χ1v) is 12.3. The first-order valence-electron chi connectivity index (χ1n) is 12.3. The zero-order valence-electron chi connectivity index (χ0n) is 20.0. The van der Waals surface area contributed by atoms with Gasteiger partial charge < -0.3 is 15.1 Å². The number of benzene rings is 2. The van der Waals surface area contributed by atoms with Gasteiger partial charge in [0.25, 0.3) is 5.56 Å². The second kappa shape index (κ2) is 8.31. The van der Waals surface area contributed by atoms with Crippen molar-refractivity contribution >= 4 is 16.9 Å². The monoisotopic (exact) mass is 482 g/mol. The van der Waals surface area contributed by atoms with Crippen LogP contribution in [0.5, 0.6) is 0 Å². The fourth-order valence-electron chi connectivity index (χ4n) is 5.69. The molecule has 0 bridgehead atoms. The van der Waals surface area contributed by atoms with Crippen LogP contribution in [0.15, 0.2) is 65.5 Å². The molecule has 0 saturated heterocycles. The normalized spacial score (nSPS) is 18.0. The summed E-state index contributed by atoms with van der Waals surface area (Å²) in [4.78, 5) is 26.0. The Kier molecular flexibility index (Phi) is 5.19. The summed E-state index contributed by atoms with van der Waals surface area (Å²) in [5.41, 5.74) is 2.78. The number of hydrogen-bond acceptors (Lipinski definition) is 5. The molecule has 4 aromatic rings. The summed E-state index contributed by atoms with van der Waals surface area (Å²) in [6.45, 7) is 1.75. The Labute approximate surface area is 207 Å². The van der Waals surface area contributed by atoms with Gasteiger partial charge in [0.15, 0.2) is 5.60 Å². The van der Waals surface area contributed by atoms with Gasteiger partial charge in [0.05, 0.1) is 23.1 Å². The number of esters is 1. The van der Waals surface area contributed by atoms with Crippen LogP contribution in [0.2, 0.25) is 0 Å². The van der Waals surface area contributed by atoms with Gasteiger partial charge in [0.1, 0.15) is 12.3 Å². The summed E-state index contributed by atoms with van der Waals surface area (Å²) in [6, 6.07) is 19.4. The van der Waals surface area contributed by atoms with E-state index < -0.39 is 11.6 Å². The van der Waals surface area contributed by atoms with Crippen molar-refractivity contribution in [1.82, 2.24) is 4.57 Å².